The smallest absolute Gasteiger partial charge is 0.410 e. The molecule has 426 valence electrons. The second kappa shape index (κ2) is 27.9. The molecule has 0 fully saturated rings. The predicted molar refractivity (Wildman–Crippen MR) is 313 cm³/mol. The molecule has 2 aliphatic rings. The lowest BCUT2D eigenvalue weighted by Crippen LogP contribution is -2.45. The highest BCUT2D eigenvalue weighted by atomic mass is 32.2. The SMILES string of the molecule is COc1cc2c(cc1OCc1ccccc1)CCN(C(=O)OC(C)(C)C)C2CS(=O)(=O)c1nnnn1-c1ccccc1.COc1cccc(/C=C/C2NCCc3cc(OCc4ccccc4)c(OC)cc32)c1.COc1cccc(C=O)c1. The van der Waals surface area contributed by atoms with E-state index in [0.717, 1.165) is 58.8 Å². The quantitative estimate of drug-likeness (QED) is 0.0846. The molecule has 10 rings (SSSR count). The molecule has 3 heterocycles. The maximum Gasteiger partial charge on any atom is 0.410 e. The molecule has 0 saturated heterocycles. The Labute approximate surface area is 479 Å². The van der Waals surface area contributed by atoms with Crippen molar-refractivity contribution in [1.82, 2.24) is 30.4 Å². The van der Waals surface area contributed by atoms with Crippen LogP contribution in [0.1, 0.15) is 82.2 Å². The Kier molecular flexibility index (Phi) is 20.1. The Bertz CT molecular complexity index is 3540. The Balaban J connectivity index is 0.000000190. The summed E-state index contributed by atoms with van der Waals surface area (Å²) in [6.45, 7) is 7.32. The van der Waals surface area contributed by atoms with E-state index in [1.807, 2.05) is 78.9 Å². The van der Waals surface area contributed by atoms with Crippen LogP contribution in [0.3, 0.4) is 0 Å². The number of fused-ring (bicyclic) bond motifs is 2. The Morgan fingerprint density at radius 1 is 0.646 bits per heavy atom. The number of aromatic nitrogens is 4. The summed E-state index contributed by atoms with van der Waals surface area (Å²) in [5.41, 5.74) is 7.59. The van der Waals surface area contributed by atoms with Crippen LogP contribution in [0.5, 0.6) is 34.5 Å². The molecule has 2 atom stereocenters. The zero-order valence-corrected chi connectivity index (χ0v) is 47.9. The van der Waals surface area contributed by atoms with Crippen molar-refractivity contribution >= 4 is 28.3 Å². The fourth-order valence-electron chi connectivity index (χ4n) is 9.26. The number of hydrogen-bond acceptors (Lipinski definition) is 15. The molecular formula is C64H68N6O11S. The number of ether oxygens (including phenoxy) is 7. The number of aldehydes is 1. The average Bonchev–Trinajstić information content (AvgIpc) is 3.58. The number of hydrogen-bond donors (Lipinski definition) is 1. The van der Waals surface area contributed by atoms with Gasteiger partial charge < -0.3 is 38.5 Å². The fraction of sp³-hybridized carbons (Fsp3) is 0.266. The van der Waals surface area contributed by atoms with E-state index in [-0.39, 0.29) is 17.7 Å². The molecule has 2 unspecified atom stereocenters. The van der Waals surface area contributed by atoms with Crippen LogP contribution in [0.15, 0.2) is 175 Å². The number of methoxy groups -OCH3 is 4. The summed E-state index contributed by atoms with van der Waals surface area (Å²) in [4.78, 5) is 25.1. The summed E-state index contributed by atoms with van der Waals surface area (Å²) in [6, 6.07) is 50.8. The van der Waals surface area contributed by atoms with E-state index in [1.54, 1.807) is 96.7 Å². The molecular weight excluding hydrogens is 1060 g/mol. The molecule has 2 aliphatic heterocycles. The molecule has 0 bridgehead atoms. The number of sulfone groups is 1. The number of para-hydroxylation sites is 1. The lowest BCUT2D eigenvalue weighted by molar-refractivity contribution is 0.0162. The molecule has 1 aromatic heterocycles. The first-order chi connectivity index (χ1) is 39.7. The van der Waals surface area contributed by atoms with Crippen molar-refractivity contribution in [1.29, 1.82) is 0 Å². The number of tetrazole rings is 1. The summed E-state index contributed by atoms with van der Waals surface area (Å²) in [5, 5.41) is 14.7. The number of nitrogens with zero attached hydrogens (tertiary/aromatic N) is 5. The minimum Gasteiger partial charge on any atom is -0.497 e. The Hall–Kier alpha value is -9.00. The van der Waals surface area contributed by atoms with Crippen molar-refractivity contribution in [2.45, 2.75) is 69.7 Å². The minimum atomic E-state index is -4.12. The van der Waals surface area contributed by atoms with Gasteiger partial charge in [-0.25, -0.2) is 13.2 Å². The summed E-state index contributed by atoms with van der Waals surface area (Å²) in [5.74, 6) is 3.60. The Morgan fingerprint density at radius 2 is 1.20 bits per heavy atom. The van der Waals surface area contributed by atoms with Gasteiger partial charge in [0.05, 0.1) is 52.0 Å². The van der Waals surface area contributed by atoms with Gasteiger partial charge in [-0.3, -0.25) is 9.69 Å². The highest BCUT2D eigenvalue weighted by molar-refractivity contribution is 7.91. The number of carbonyl (C=O) groups excluding carboxylic acids is 2. The molecule has 7 aromatic carbocycles. The van der Waals surface area contributed by atoms with Gasteiger partial charge in [-0.05, 0) is 144 Å². The second-order valence-electron chi connectivity index (χ2n) is 20.1. The first kappa shape index (κ1) is 59.1. The number of benzene rings is 7. The third-order valence-corrected chi connectivity index (χ3v) is 14.9. The van der Waals surface area contributed by atoms with Crippen LogP contribution >= 0.6 is 0 Å². The molecule has 0 spiro atoms. The molecule has 8 aromatic rings. The van der Waals surface area contributed by atoms with E-state index < -0.39 is 33.3 Å². The van der Waals surface area contributed by atoms with Gasteiger partial charge in [-0.15, -0.1) is 0 Å². The van der Waals surface area contributed by atoms with Crippen molar-refractivity contribution in [3.8, 4) is 40.2 Å². The molecule has 0 radical (unpaired) electrons. The summed E-state index contributed by atoms with van der Waals surface area (Å²) >= 11 is 0. The molecule has 18 heteroatoms. The van der Waals surface area contributed by atoms with Crippen LogP contribution in [0, 0.1) is 0 Å². The number of nitrogens with one attached hydrogen (secondary N) is 1. The normalized spacial score (nSPS) is 14.5. The van der Waals surface area contributed by atoms with Crippen molar-refractivity contribution in [3.05, 3.63) is 214 Å². The van der Waals surface area contributed by atoms with Crippen molar-refractivity contribution < 1.29 is 51.2 Å². The predicted octanol–water partition coefficient (Wildman–Crippen LogP) is 11.2. The first-order valence-corrected chi connectivity index (χ1v) is 28.3. The van der Waals surface area contributed by atoms with E-state index >= 15 is 0 Å². The Morgan fingerprint density at radius 3 is 1.76 bits per heavy atom. The zero-order chi connectivity index (χ0) is 58.1. The standard InChI is InChI=1S/C30H33N5O6S.C26H27NO3.C8H8O2/c1-30(2,3)41-29(36)34-16-15-22-17-27(40-19-21-11-7-5-8-12-21)26(39-4)18-24(22)25(34)20-42(37,38)28-31-32-33-35(28)23-13-9-6-10-14-23;1-28-22-10-6-9-19(15-22)11-12-24-23-17-25(29-2)26(16-21(23)13-14-27-24)30-18-20-7-4-3-5-8-20;1-10-8-4-2-3-7(5-8)6-9/h5-14,17-18,25H,15-16,19-20H2,1-4H3;3-12,15-17,24,27H,13-14,18H2,1-2H3;2-6H,1H3/b;12-11+;. The number of amides is 1. The maximum absolute atomic E-state index is 13.9. The van der Waals surface area contributed by atoms with E-state index in [9.17, 15) is 18.0 Å². The third kappa shape index (κ3) is 15.7. The zero-order valence-electron chi connectivity index (χ0n) is 47.1. The minimum absolute atomic E-state index is 0.122. The molecule has 0 saturated carbocycles. The molecule has 1 N–H and O–H groups in total. The summed E-state index contributed by atoms with van der Waals surface area (Å²) in [7, 11) is 2.35. The van der Waals surface area contributed by atoms with Gasteiger partial charge >= 0.3 is 6.09 Å². The number of rotatable bonds is 17. The van der Waals surface area contributed by atoms with Gasteiger partial charge in [-0.1, -0.05) is 120 Å². The van der Waals surface area contributed by atoms with E-state index in [2.05, 4.69) is 63.3 Å². The van der Waals surface area contributed by atoms with Gasteiger partial charge in [0.1, 0.15) is 36.6 Å². The van der Waals surface area contributed by atoms with Crippen LogP contribution in [0.4, 0.5) is 4.79 Å². The van der Waals surface area contributed by atoms with Gasteiger partial charge in [0.15, 0.2) is 23.0 Å². The highest BCUT2D eigenvalue weighted by Gasteiger charge is 2.39. The highest BCUT2D eigenvalue weighted by Crippen LogP contribution is 2.41. The first-order valence-electron chi connectivity index (χ1n) is 26.6. The van der Waals surface area contributed by atoms with Crippen molar-refractivity contribution in [3.63, 3.8) is 0 Å². The summed E-state index contributed by atoms with van der Waals surface area (Å²) in [6.07, 6.45) is 5.93. The topological polar surface area (TPSA) is 192 Å². The van der Waals surface area contributed by atoms with Crippen LogP contribution < -0.4 is 33.7 Å². The number of carbonyl (C=O) groups is 2. The summed E-state index contributed by atoms with van der Waals surface area (Å²) < 4.78 is 68.4. The van der Waals surface area contributed by atoms with Gasteiger partial charge in [0.2, 0.25) is 9.84 Å². The average molecular weight is 1130 g/mol. The van der Waals surface area contributed by atoms with Crippen LogP contribution in [0.25, 0.3) is 11.8 Å². The van der Waals surface area contributed by atoms with Gasteiger partial charge in [0, 0.05) is 18.7 Å². The molecule has 0 aliphatic carbocycles. The maximum atomic E-state index is 13.9. The van der Waals surface area contributed by atoms with Gasteiger partial charge in [0.25, 0.3) is 5.16 Å². The van der Waals surface area contributed by atoms with Crippen LogP contribution in [-0.2, 0) is 40.6 Å². The third-order valence-electron chi connectivity index (χ3n) is 13.3. The van der Waals surface area contributed by atoms with Crippen molar-refractivity contribution in [2.24, 2.45) is 0 Å². The fourth-order valence-corrected chi connectivity index (χ4v) is 10.8. The lowest BCUT2D eigenvalue weighted by Gasteiger charge is -2.38. The van der Waals surface area contributed by atoms with E-state index in [4.69, 9.17) is 33.2 Å². The van der Waals surface area contributed by atoms with Gasteiger partial charge in [-0.2, -0.15) is 4.68 Å². The van der Waals surface area contributed by atoms with Crippen molar-refractivity contribution in [2.75, 3.05) is 47.3 Å². The van der Waals surface area contributed by atoms with Crippen LogP contribution in [-0.4, -0.2) is 98.8 Å². The van der Waals surface area contributed by atoms with Crippen LogP contribution in [0.2, 0.25) is 0 Å². The molecule has 1 amide bonds. The largest absolute Gasteiger partial charge is 0.497 e. The lowest BCUT2D eigenvalue weighted by atomic mass is 9.93. The molecule has 82 heavy (non-hydrogen) atoms. The second-order valence-corrected chi connectivity index (χ2v) is 22.0. The van der Waals surface area contributed by atoms with E-state index in [1.165, 1.54) is 27.8 Å². The monoisotopic (exact) mass is 1130 g/mol. The van der Waals surface area contributed by atoms with E-state index in [0.29, 0.717) is 53.7 Å². The molecule has 17 nitrogen and oxygen atoms in total.